The summed E-state index contributed by atoms with van der Waals surface area (Å²) in [5, 5.41) is 6.49. The molecule has 0 aliphatic rings. The first kappa shape index (κ1) is 16.9. The highest BCUT2D eigenvalue weighted by atomic mass is 35.5. The van der Waals surface area contributed by atoms with Crippen LogP contribution in [0, 0.1) is 6.92 Å². The summed E-state index contributed by atoms with van der Waals surface area (Å²) >= 11 is 5.94. The van der Waals surface area contributed by atoms with Crippen molar-refractivity contribution in [2.75, 3.05) is 23.8 Å². The third-order valence-corrected chi connectivity index (χ3v) is 3.38. The van der Waals surface area contributed by atoms with E-state index < -0.39 is 0 Å². The maximum atomic E-state index is 12.0. The van der Waals surface area contributed by atoms with Crippen molar-refractivity contribution in [1.82, 2.24) is 0 Å². The standard InChI is InChI=1S/C18H19ClN2O2/c1-3-10-23-16-8-6-15(7-9-16)20-12-18(22)21-17-11-14(19)5-4-13(17)2/h3-9,11,20H,1,10,12H2,2H3,(H,21,22). The highest BCUT2D eigenvalue weighted by Gasteiger charge is 2.05. The highest BCUT2D eigenvalue weighted by molar-refractivity contribution is 6.31. The van der Waals surface area contributed by atoms with E-state index >= 15 is 0 Å². The van der Waals surface area contributed by atoms with Crippen molar-refractivity contribution in [2.45, 2.75) is 6.92 Å². The Hall–Kier alpha value is -2.46. The Morgan fingerprint density at radius 1 is 1.26 bits per heavy atom. The fraction of sp³-hybridized carbons (Fsp3) is 0.167. The molecule has 0 aromatic heterocycles. The predicted octanol–water partition coefficient (Wildman–Crippen LogP) is 4.26. The zero-order chi connectivity index (χ0) is 16.7. The smallest absolute Gasteiger partial charge is 0.243 e. The van der Waals surface area contributed by atoms with E-state index in [2.05, 4.69) is 17.2 Å². The van der Waals surface area contributed by atoms with Crippen LogP contribution < -0.4 is 15.4 Å². The minimum atomic E-state index is -0.137. The number of anilines is 2. The van der Waals surface area contributed by atoms with E-state index in [1.807, 2.05) is 37.3 Å². The molecule has 2 aromatic carbocycles. The molecular weight excluding hydrogens is 312 g/mol. The van der Waals surface area contributed by atoms with Gasteiger partial charge in [-0.1, -0.05) is 30.3 Å². The molecule has 0 fully saturated rings. The van der Waals surface area contributed by atoms with Crippen molar-refractivity contribution < 1.29 is 9.53 Å². The first-order chi connectivity index (χ1) is 11.1. The van der Waals surface area contributed by atoms with Gasteiger partial charge >= 0.3 is 0 Å². The quantitative estimate of drug-likeness (QED) is 0.746. The number of hydrogen-bond acceptors (Lipinski definition) is 3. The van der Waals surface area contributed by atoms with Crippen LogP contribution in [0.15, 0.2) is 55.1 Å². The SMILES string of the molecule is C=CCOc1ccc(NCC(=O)Nc2cc(Cl)ccc2C)cc1. The molecular formula is C18H19ClN2O2. The molecule has 0 atom stereocenters. The van der Waals surface area contributed by atoms with Crippen LogP contribution in [-0.2, 0) is 4.79 Å². The molecule has 0 saturated carbocycles. The van der Waals surface area contributed by atoms with Crippen LogP contribution in [-0.4, -0.2) is 19.1 Å². The lowest BCUT2D eigenvalue weighted by Gasteiger charge is -2.11. The molecule has 0 saturated heterocycles. The van der Waals surface area contributed by atoms with Crippen LogP contribution in [0.25, 0.3) is 0 Å². The van der Waals surface area contributed by atoms with Crippen LogP contribution >= 0.6 is 11.6 Å². The van der Waals surface area contributed by atoms with Gasteiger partial charge in [-0.15, -0.1) is 0 Å². The van der Waals surface area contributed by atoms with Crippen molar-refractivity contribution in [2.24, 2.45) is 0 Å². The number of halogens is 1. The Morgan fingerprint density at radius 3 is 2.70 bits per heavy atom. The maximum absolute atomic E-state index is 12.0. The molecule has 0 aliphatic heterocycles. The predicted molar refractivity (Wildman–Crippen MR) is 95.4 cm³/mol. The topological polar surface area (TPSA) is 50.4 Å². The van der Waals surface area contributed by atoms with Gasteiger partial charge in [0.1, 0.15) is 12.4 Å². The third kappa shape index (κ3) is 5.34. The molecule has 0 bridgehead atoms. The summed E-state index contributed by atoms with van der Waals surface area (Å²) in [4.78, 5) is 12.0. The Balaban J connectivity index is 1.86. The lowest BCUT2D eigenvalue weighted by Crippen LogP contribution is -2.22. The lowest BCUT2D eigenvalue weighted by atomic mass is 10.2. The normalized spacial score (nSPS) is 10.0. The molecule has 2 aromatic rings. The number of benzene rings is 2. The molecule has 0 spiro atoms. The van der Waals surface area contributed by atoms with Crippen molar-refractivity contribution >= 4 is 28.9 Å². The van der Waals surface area contributed by atoms with Gasteiger partial charge in [-0.25, -0.2) is 0 Å². The number of carbonyl (C=O) groups excluding carboxylic acids is 1. The fourth-order valence-corrected chi connectivity index (χ4v) is 2.10. The molecule has 0 radical (unpaired) electrons. The zero-order valence-electron chi connectivity index (χ0n) is 12.9. The Labute approximate surface area is 141 Å². The lowest BCUT2D eigenvalue weighted by molar-refractivity contribution is -0.114. The van der Waals surface area contributed by atoms with Gasteiger partial charge in [0.05, 0.1) is 6.54 Å². The van der Waals surface area contributed by atoms with Gasteiger partial charge in [0.25, 0.3) is 0 Å². The van der Waals surface area contributed by atoms with E-state index in [0.29, 0.717) is 11.6 Å². The number of carbonyl (C=O) groups is 1. The van der Waals surface area contributed by atoms with Gasteiger partial charge in [0.2, 0.25) is 5.91 Å². The van der Waals surface area contributed by atoms with Gasteiger partial charge in [0, 0.05) is 16.4 Å². The average molecular weight is 331 g/mol. The summed E-state index contributed by atoms with van der Waals surface area (Å²) < 4.78 is 5.40. The van der Waals surface area contributed by atoms with E-state index in [-0.39, 0.29) is 12.5 Å². The fourth-order valence-electron chi connectivity index (χ4n) is 1.93. The summed E-state index contributed by atoms with van der Waals surface area (Å²) in [5.41, 5.74) is 2.53. The van der Waals surface area contributed by atoms with E-state index in [0.717, 1.165) is 22.7 Å². The molecule has 1 amide bonds. The molecule has 2 rings (SSSR count). The van der Waals surface area contributed by atoms with Crippen LogP contribution in [0.3, 0.4) is 0 Å². The van der Waals surface area contributed by atoms with Gasteiger partial charge in [-0.05, 0) is 48.9 Å². The van der Waals surface area contributed by atoms with Gasteiger partial charge in [0.15, 0.2) is 0 Å². The second-order valence-corrected chi connectivity index (χ2v) is 5.42. The largest absolute Gasteiger partial charge is 0.490 e. The van der Waals surface area contributed by atoms with Gasteiger partial charge in [-0.3, -0.25) is 4.79 Å². The summed E-state index contributed by atoms with van der Waals surface area (Å²) in [7, 11) is 0. The van der Waals surface area contributed by atoms with Crippen LogP contribution in [0.5, 0.6) is 5.75 Å². The highest BCUT2D eigenvalue weighted by Crippen LogP contribution is 2.20. The minimum Gasteiger partial charge on any atom is -0.490 e. The molecule has 0 unspecified atom stereocenters. The van der Waals surface area contributed by atoms with Crippen molar-refractivity contribution in [3.8, 4) is 5.75 Å². The van der Waals surface area contributed by atoms with Crippen LogP contribution in [0.1, 0.15) is 5.56 Å². The van der Waals surface area contributed by atoms with E-state index in [1.54, 1.807) is 18.2 Å². The summed E-state index contributed by atoms with van der Waals surface area (Å²) in [6, 6.07) is 12.8. The van der Waals surface area contributed by atoms with E-state index in [4.69, 9.17) is 16.3 Å². The van der Waals surface area contributed by atoms with Crippen LogP contribution in [0.2, 0.25) is 5.02 Å². The summed E-state index contributed by atoms with van der Waals surface area (Å²) in [6.07, 6.45) is 1.69. The monoisotopic (exact) mass is 330 g/mol. The van der Waals surface area contributed by atoms with Gasteiger partial charge in [-0.2, -0.15) is 0 Å². The Kier molecular flexibility index (Phi) is 6.06. The number of amides is 1. The maximum Gasteiger partial charge on any atom is 0.243 e. The van der Waals surface area contributed by atoms with Crippen molar-refractivity contribution in [3.63, 3.8) is 0 Å². The van der Waals surface area contributed by atoms with E-state index in [9.17, 15) is 4.79 Å². The number of hydrogen-bond donors (Lipinski definition) is 2. The molecule has 4 nitrogen and oxygen atoms in total. The Morgan fingerprint density at radius 2 is 2.00 bits per heavy atom. The first-order valence-corrected chi connectivity index (χ1v) is 7.60. The Bertz CT molecular complexity index is 684. The second kappa shape index (κ2) is 8.25. The molecule has 0 aliphatic carbocycles. The average Bonchev–Trinajstić information content (AvgIpc) is 2.55. The van der Waals surface area contributed by atoms with Crippen molar-refractivity contribution in [1.29, 1.82) is 0 Å². The molecule has 23 heavy (non-hydrogen) atoms. The molecule has 120 valence electrons. The van der Waals surface area contributed by atoms with Crippen LogP contribution in [0.4, 0.5) is 11.4 Å². The minimum absolute atomic E-state index is 0.137. The van der Waals surface area contributed by atoms with Gasteiger partial charge < -0.3 is 15.4 Å². The van der Waals surface area contributed by atoms with Crippen molar-refractivity contribution in [3.05, 3.63) is 65.7 Å². The number of aryl methyl sites for hydroxylation is 1. The number of ether oxygens (including phenoxy) is 1. The first-order valence-electron chi connectivity index (χ1n) is 7.22. The van der Waals surface area contributed by atoms with E-state index in [1.165, 1.54) is 0 Å². The molecule has 0 heterocycles. The molecule has 2 N–H and O–H groups in total. The number of rotatable bonds is 7. The third-order valence-electron chi connectivity index (χ3n) is 3.15. The second-order valence-electron chi connectivity index (χ2n) is 4.99. The zero-order valence-corrected chi connectivity index (χ0v) is 13.7. The number of nitrogens with one attached hydrogen (secondary N) is 2. The summed E-state index contributed by atoms with van der Waals surface area (Å²) in [5.74, 6) is 0.622. The summed E-state index contributed by atoms with van der Waals surface area (Å²) in [6.45, 7) is 6.15. The molecule has 5 heteroatoms.